The van der Waals surface area contributed by atoms with Gasteiger partial charge in [0, 0.05) is 23.0 Å². The first-order valence-corrected chi connectivity index (χ1v) is 10.0. The van der Waals surface area contributed by atoms with Crippen LogP contribution in [0.25, 0.3) is 5.69 Å². The fourth-order valence-corrected chi connectivity index (χ4v) is 3.78. The normalized spacial score (nSPS) is 10.8. The van der Waals surface area contributed by atoms with E-state index in [2.05, 4.69) is 31.4 Å². The molecule has 0 saturated carbocycles. The molecule has 0 spiro atoms. The predicted octanol–water partition coefficient (Wildman–Crippen LogP) is 4.22. The van der Waals surface area contributed by atoms with Crippen molar-refractivity contribution in [3.05, 3.63) is 64.4 Å². The van der Waals surface area contributed by atoms with E-state index < -0.39 is 0 Å². The Labute approximate surface area is 170 Å². The van der Waals surface area contributed by atoms with Gasteiger partial charge in [-0.25, -0.2) is 0 Å². The maximum absolute atomic E-state index is 12.4. The molecule has 1 amide bonds. The van der Waals surface area contributed by atoms with Crippen LogP contribution in [0.4, 0.5) is 5.69 Å². The lowest BCUT2D eigenvalue weighted by Gasteiger charge is -2.10. The first kappa shape index (κ1) is 19.6. The highest BCUT2D eigenvalue weighted by Crippen LogP contribution is 2.24. The van der Waals surface area contributed by atoms with Crippen molar-refractivity contribution in [1.29, 1.82) is 0 Å². The van der Waals surface area contributed by atoms with Crippen molar-refractivity contribution in [2.24, 2.45) is 0 Å². The molecule has 0 saturated heterocycles. The van der Waals surface area contributed by atoms with Crippen molar-refractivity contribution in [2.75, 3.05) is 18.2 Å². The number of nitrogens with zero attached hydrogens (tertiary/aromatic N) is 3. The molecular weight excluding hydrogens is 428 g/mol. The number of ether oxygens (including phenoxy) is 1. The van der Waals surface area contributed by atoms with Crippen molar-refractivity contribution < 1.29 is 9.53 Å². The number of methoxy groups -OCH3 is 1. The summed E-state index contributed by atoms with van der Waals surface area (Å²) in [6.07, 6.45) is 0. The lowest BCUT2D eigenvalue weighted by molar-refractivity contribution is -0.113. The van der Waals surface area contributed by atoms with Gasteiger partial charge < -0.3 is 10.1 Å². The predicted molar refractivity (Wildman–Crippen MR) is 110 cm³/mol. The van der Waals surface area contributed by atoms with Crippen molar-refractivity contribution in [1.82, 2.24) is 14.8 Å². The number of aryl methyl sites for hydroxylation is 1. The summed E-state index contributed by atoms with van der Waals surface area (Å²) in [5.74, 6) is 0.824. The monoisotopic (exact) mass is 446 g/mol. The van der Waals surface area contributed by atoms with Crippen LogP contribution in [-0.2, 0) is 16.1 Å². The van der Waals surface area contributed by atoms with Crippen molar-refractivity contribution in [2.45, 2.75) is 18.7 Å². The van der Waals surface area contributed by atoms with Crippen LogP contribution in [0.1, 0.15) is 11.4 Å². The molecule has 1 N–H and O–H groups in total. The number of rotatable bonds is 7. The Balaban J connectivity index is 1.73. The maximum Gasteiger partial charge on any atom is 0.234 e. The van der Waals surface area contributed by atoms with Crippen LogP contribution in [0, 0.1) is 6.92 Å². The second-order valence-electron chi connectivity index (χ2n) is 5.80. The number of hydrogen-bond acceptors (Lipinski definition) is 5. The molecule has 3 aromatic rings. The summed E-state index contributed by atoms with van der Waals surface area (Å²) in [4.78, 5) is 12.4. The summed E-state index contributed by atoms with van der Waals surface area (Å²) in [6.45, 7) is 2.29. The van der Waals surface area contributed by atoms with E-state index in [0.717, 1.165) is 21.4 Å². The van der Waals surface area contributed by atoms with Gasteiger partial charge in [-0.15, -0.1) is 10.2 Å². The first-order chi connectivity index (χ1) is 13.1. The highest BCUT2D eigenvalue weighted by molar-refractivity contribution is 9.10. The summed E-state index contributed by atoms with van der Waals surface area (Å²) in [5, 5.41) is 12.0. The van der Waals surface area contributed by atoms with E-state index in [-0.39, 0.29) is 11.7 Å². The number of carbonyl (C=O) groups is 1. The molecule has 0 aliphatic rings. The van der Waals surface area contributed by atoms with Crippen molar-refractivity contribution in [3.63, 3.8) is 0 Å². The van der Waals surface area contributed by atoms with Gasteiger partial charge in [0.1, 0.15) is 6.61 Å². The van der Waals surface area contributed by atoms with E-state index in [1.807, 2.05) is 60.0 Å². The quantitative estimate of drug-likeness (QED) is 0.550. The Hall–Kier alpha value is -2.16. The fourth-order valence-electron chi connectivity index (χ4n) is 2.54. The minimum atomic E-state index is -0.0960. The van der Waals surface area contributed by atoms with E-state index >= 15 is 0 Å². The van der Waals surface area contributed by atoms with Gasteiger partial charge in [0.15, 0.2) is 11.0 Å². The van der Waals surface area contributed by atoms with E-state index in [9.17, 15) is 4.79 Å². The topological polar surface area (TPSA) is 69.0 Å². The van der Waals surface area contributed by atoms with Gasteiger partial charge in [0.05, 0.1) is 5.75 Å². The third kappa shape index (κ3) is 4.97. The van der Waals surface area contributed by atoms with E-state index in [1.165, 1.54) is 11.8 Å². The molecule has 8 heteroatoms. The summed E-state index contributed by atoms with van der Waals surface area (Å²) in [5.41, 5.74) is 2.73. The zero-order chi connectivity index (χ0) is 19.2. The fraction of sp³-hybridized carbons (Fsp3) is 0.211. The number of amides is 1. The molecule has 1 heterocycles. The van der Waals surface area contributed by atoms with E-state index in [1.54, 1.807) is 7.11 Å². The van der Waals surface area contributed by atoms with Gasteiger partial charge in [0.25, 0.3) is 0 Å². The molecular formula is C19H19BrN4O2S. The van der Waals surface area contributed by atoms with Gasteiger partial charge in [-0.3, -0.25) is 9.36 Å². The number of nitrogens with one attached hydrogen (secondary N) is 1. The van der Waals surface area contributed by atoms with E-state index in [0.29, 0.717) is 17.6 Å². The molecule has 6 nitrogen and oxygen atoms in total. The maximum atomic E-state index is 12.4. The average molecular weight is 447 g/mol. The zero-order valence-electron chi connectivity index (χ0n) is 15.0. The van der Waals surface area contributed by atoms with Crippen LogP contribution in [0.2, 0.25) is 0 Å². The summed E-state index contributed by atoms with van der Waals surface area (Å²) >= 11 is 4.76. The Bertz CT molecular complexity index is 931. The van der Waals surface area contributed by atoms with Gasteiger partial charge in [-0.2, -0.15) is 0 Å². The third-order valence-corrected chi connectivity index (χ3v) is 5.21. The standard InChI is InChI=1S/C19H19BrN4O2S/c1-13-10-14(20)8-9-16(13)21-18(25)12-27-19-23-22-17(11-26-2)24(19)15-6-4-3-5-7-15/h3-10H,11-12H2,1-2H3,(H,21,25). The Morgan fingerprint density at radius 1 is 1.22 bits per heavy atom. The molecule has 1 aromatic heterocycles. The minimum Gasteiger partial charge on any atom is -0.377 e. The average Bonchev–Trinajstić information content (AvgIpc) is 3.06. The largest absolute Gasteiger partial charge is 0.377 e. The minimum absolute atomic E-state index is 0.0960. The van der Waals surface area contributed by atoms with Gasteiger partial charge in [-0.05, 0) is 42.8 Å². The Kier molecular flexibility index (Phi) is 6.65. The van der Waals surface area contributed by atoms with Gasteiger partial charge in [0.2, 0.25) is 5.91 Å². The molecule has 0 atom stereocenters. The number of benzene rings is 2. The summed E-state index contributed by atoms with van der Waals surface area (Å²) < 4.78 is 8.10. The van der Waals surface area contributed by atoms with Crippen LogP contribution in [-0.4, -0.2) is 33.5 Å². The molecule has 27 heavy (non-hydrogen) atoms. The lowest BCUT2D eigenvalue weighted by Crippen LogP contribution is -2.15. The van der Waals surface area contributed by atoms with Crippen LogP contribution in [0.3, 0.4) is 0 Å². The molecule has 0 fully saturated rings. The number of hydrogen-bond donors (Lipinski definition) is 1. The molecule has 0 bridgehead atoms. The highest BCUT2D eigenvalue weighted by Gasteiger charge is 2.16. The molecule has 0 unspecified atom stereocenters. The SMILES string of the molecule is COCc1nnc(SCC(=O)Nc2ccc(Br)cc2C)n1-c1ccccc1. The summed E-state index contributed by atoms with van der Waals surface area (Å²) in [7, 11) is 1.62. The zero-order valence-corrected chi connectivity index (χ0v) is 17.4. The van der Waals surface area contributed by atoms with Crippen LogP contribution in [0.15, 0.2) is 58.2 Å². The second kappa shape index (κ2) is 9.16. The van der Waals surface area contributed by atoms with E-state index in [4.69, 9.17) is 4.74 Å². The number of thioether (sulfide) groups is 1. The third-order valence-electron chi connectivity index (χ3n) is 3.78. The highest BCUT2D eigenvalue weighted by atomic mass is 79.9. The molecule has 3 rings (SSSR count). The Morgan fingerprint density at radius 2 is 2.00 bits per heavy atom. The lowest BCUT2D eigenvalue weighted by atomic mass is 10.2. The molecule has 0 aliphatic carbocycles. The smallest absolute Gasteiger partial charge is 0.234 e. The van der Waals surface area contributed by atoms with Crippen molar-refractivity contribution >= 4 is 39.3 Å². The number of aromatic nitrogens is 3. The van der Waals surface area contributed by atoms with Crippen LogP contribution in [0.5, 0.6) is 0 Å². The molecule has 0 radical (unpaired) electrons. The molecule has 2 aromatic carbocycles. The van der Waals surface area contributed by atoms with Gasteiger partial charge >= 0.3 is 0 Å². The Morgan fingerprint density at radius 3 is 2.70 bits per heavy atom. The first-order valence-electron chi connectivity index (χ1n) is 8.26. The summed E-state index contributed by atoms with van der Waals surface area (Å²) in [6, 6.07) is 15.5. The van der Waals surface area contributed by atoms with Crippen LogP contribution < -0.4 is 5.32 Å². The van der Waals surface area contributed by atoms with Gasteiger partial charge in [-0.1, -0.05) is 45.9 Å². The van der Waals surface area contributed by atoms with Crippen molar-refractivity contribution in [3.8, 4) is 5.69 Å². The number of halogens is 1. The number of anilines is 1. The molecule has 0 aliphatic heterocycles. The second-order valence-corrected chi connectivity index (χ2v) is 7.66. The number of carbonyl (C=O) groups excluding carboxylic acids is 1. The number of para-hydroxylation sites is 1. The molecule has 140 valence electrons. The van der Waals surface area contributed by atoms with Crippen LogP contribution >= 0.6 is 27.7 Å².